The third-order valence-electron chi connectivity index (χ3n) is 5.39. The monoisotopic (exact) mass is 376 g/mol. The standard InChI is InChI=1S/C22H36O2.C3H8/c1-5-18(4)20-11-13-21(14-12-20)24-22(17(2)3)23-16-15-19-9-7-6-8-10-19;1-3-2/h11-14,17-19,22H,5-10,15-16H2,1-4H3;3H2,1-2H3. The van der Waals surface area contributed by atoms with Crippen molar-refractivity contribution in [2.75, 3.05) is 6.61 Å². The van der Waals surface area contributed by atoms with Crippen LogP contribution in [0.4, 0.5) is 0 Å². The maximum atomic E-state index is 6.11. The molecule has 0 bridgehead atoms. The van der Waals surface area contributed by atoms with Gasteiger partial charge in [0, 0.05) is 5.92 Å². The second kappa shape index (κ2) is 14.0. The first kappa shape index (κ1) is 24.0. The highest BCUT2D eigenvalue weighted by atomic mass is 16.7. The first-order valence-corrected chi connectivity index (χ1v) is 11.4. The van der Waals surface area contributed by atoms with Gasteiger partial charge in [0.2, 0.25) is 6.29 Å². The third-order valence-corrected chi connectivity index (χ3v) is 5.39. The highest BCUT2D eigenvalue weighted by Crippen LogP contribution is 2.27. The maximum absolute atomic E-state index is 6.11. The molecule has 1 saturated carbocycles. The molecular formula is C25H44O2. The summed E-state index contributed by atoms with van der Waals surface area (Å²) in [4.78, 5) is 0. The molecule has 1 aromatic rings. The van der Waals surface area contributed by atoms with Crippen molar-refractivity contribution in [2.24, 2.45) is 11.8 Å². The van der Waals surface area contributed by atoms with E-state index in [1.54, 1.807) is 0 Å². The Kier molecular flexibility index (Phi) is 12.5. The predicted octanol–water partition coefficient (Wildman–Crippen LogP) is 7.96. The first-order chi connectivity index (χ1) is 13.0. The van der Waals surface area contributed by atoms with Crippen molar-refractivity contribution < 1.29 is 9.47 Å². The molecule has 0 aliphatic heterocycles. The van der Waals surface area contributed by atoms with Crippen LogP contribution >= 0.6 is 0 Å². The summed E-state index contributed by atoms with van der Waals surface area (Å²) in [5.41, 5.74) is 1.38. The number of benzene rings is 1. The van der Waals surface area contributed by atoms with Crippen molar-refractivity contribution >= 4 is 0 Å². The second-order valence-electron chi connectivity index (χ2n) is 8.48. The Hall–Kier alpha value is -1.02. The lowest BCUT2D eigenvalue weighted by atomic mass is 9.87. The summed E-state index contributed by atoms with van der Waals surface area (Å²) in [6.07, 6.45) is 10.4. The molecule has 0 heterocycles. The predicted molar refractivity (Wildman–Crippen MR) is 118 cm³/mol. The Labute approximate surface area is 169 Å². The lowest BCUT2D eigenvalue weighted by Crippen LogP contribution is -2.27. The maximum Gasteiger partial charge on any atom is 0.202 e. The van der Waals surface area contributed by atoms with Crippen LogP contribution in [0.5, 0.6) is 5.75 Å². The summed E-state index contributed by atoms with van der Waals surface area (Å²) in [6.45, 7) is 13.9. The van der Waals surface area contributed by atoms with E-state index in [4.69, 9.17) is 9.47 Å². The molecule has 0 aromatic heterocycles. The fourth-order valence-corrected chi connectivity index (χ4v) is 3.43. The van der Waals surface area contributed by atoms with Crippen LogP contribution in [-0.2, 0) is 4.74 Å². The average Bonchev–Trinajstić information content (AvgIpc) is 2.68. The van der Waals surface area contributed by atoms with Crippen molar-refractivity contribution in [1.82, 2.24) is 0 Å². The summed E-state index contributed by atoms with van der Waals surface area (Å²) >= 11 is 0. The molecule has 156 valence electrons. The van der Waals surface area contributed by atoms with Crippen LogP contribution in [0.3, 0.4) is 0 Å². The number of ether oxygens (including phenoxy) is 2. The highest BCUT2D eigenvalue weighted by molar-refractivity contribution is 5.29. The van der Waals surface area contributed by atoms with E-state index in [0.29, 0.717) is 11.8 Å². The fraction of sp³-hybridized carbons (Fsp3) is 0.760. The zero-order valence-corrected chi connectivity index (χ0v) is 18.8. The molecule has 1 aromatic carbocycles. The van der Waals surface area contributed by atoms with Crippen LogP contribution in [0.1, 0.15) is 104 Å². The molecule has 0 spiro atoms. The fourth-order valence-electron chi connectivity index (χ4n) is 3.43. The lowest BCUT2D eigenvalue weighted by Gasteiger charge is -2.25. The number of hydrogen-bond acceptors (Lipinski definition) is 2. The number of rotatable bonds is 9. The van der Waals surface area contributed by atoms with Crippen molar-refractivity contribution in [3.63, 3.8) is 0 Å². The topological polar surface area (TPSA) is 18.5 Å². The molecule has 1 aliphatic carbocycles. The normalized spacial score (nSPS) is 17.1. The van der Waals surface area contributed by atoms with Crippen molar-refractivity contribution in [3.05, 3.63) is 29.8 Å². The van der Waals surface area contributed by atoms with E-state index in [1.165, 1.54) is 56.9 Å². The molecule has 0 amide bonds. The smallest absolute Gasteiger partial charge is 0.202 e. The van der Waals surface area contributed by atoms with E-state index in [1.807, 2.05) is 0 Å². The van der Waals surface area contributed by atoms with Gasteiger partial charge in [0.1, 0.15) is 5.75 Å². The Morgan fingerprint density at radius 1 is 0.926 bits per heavy atom. The van der Waals surface area contributed by atoms with Crippen LogP contribution in [-0.4, -0.2) is 12.9 Å². The van der Waals surface area contributed by atoms with E-state index in [9.17, 15) is 0 Å². The van der Waals surface area contributed by atoms with Gasteiger partial charge in [0.05, 0.1) is 6.61 Å². The van der Waals surface area contributed by atoms with Crippen LogP contribution in [0.2, 0.25) is 0 Å². The largest absolute Gasteiger partial charge is 0.465 e. The lowest BCUT2D eigenvalue weighted by molar-refractivity contribution is -0.111. The quantitative estimate of drug-likeness (QED) is 0.407. The molecule has 2 atom stereocenters. The average molecular weight is 377 g/mol. The third kappa shape index (κ3) is 9.65. The summed E-state index contributed by atoms with van der Waals surface area (Å²) in [5, 5.41) is 0. The first-order valence-electron chi connectivity index (χ1n) is 11.4. The van der Waals surface area contributed by atoms with E-state index in [0.717, 1.165) is 18.3 Å². The molecule has 1 fully saturated rings. The van der Waals surface area contributed by atoms with Crippen molar-refractivity contribution in [2.45, 2.75) is 105 Å². The van der Waals surface area contributed by atoms with E-state index in [-0.39, 0.29) is 6.29 Å². The van der Waals surface area contributed by atoms with Crippen LogP contribution in [0.25, 0.3) is 0 Å². The van der Waals surface area contributed by atoms with Crippen LogP contribution in [0.15, 0.2) is 24.3 Å². The van der Waals surface area contributed by atoms with Crippen molar-refractivity contribution in [3.8, 4) is 5.75 Å². The van der Waals surface area contributed by atoms with Crippen molar-refractivity contribution in [1.29, 1.82) is 0 Å². The molecule has 0 N–H and O–H groups in total. The van der Waals surface area contributed by atoms with Gasteiger partial charge in [-0.05, 0) is 42.4 Å². The molecule has 2 nitrogen and oxygen atoms in total. The van der Waals surface area contributed by atoms with Gasteiger partial charge < -0.3 is 9.47 Å². The Balaban J connectivity index is 0.00000114. The Morgan fingerprint density at radius 3 is 2.04 bits per heavy atom. The summed E-state index contributed by atoms with van der Waals surface area (Å²) in [5.74, 6) is 2.73. The van der Waals surface area contributed by atoms with Gasteiger partial charge in [0.15, 0.2) is 0 Å². The van der Waals surface area contributed by atoms with E-state index < -0.39 is 0 Å². The molecule has 0 saturated heterocycles. The molecule has 2 heteroatoms. The van der Waals surface area contributed by atoms with Gasteiger partial charge in [0.25, 0.3) is 0 Å². The summed E-state index contributed by atoms with van der Waals surface area (Å²) < 4.78 is 12.2. The molecule has 1 aliphatic rings. The molecule has 27 heavy (non-hydrogen) atoms. The highest BCUT2D eigenvalue weighted by Gasteiger charge is 2.18. The minimum absolute atomic E-state index is 0.150. The SMILES string of the molecule is CCC.CCC(C)c1ccc(OC(OCCC2CCCCC2)C(C)C)cc1. The van der Waals surface area contributed by atoms with Gasteiger partial charge >= 0.3 is 0 Å². The molecule has 2 unspecified atom stereocenters. The zero-order valence-electron chi connectivity index (χ0n) is 18.8. The summed E-state index contributed by atoms with van der Waals surface area (Å²) in [7, 11) is 0. The molecule has 0 radical (unpaired) electrons. The minimum Gasteiger partial charge on any atom is -0.465 e. The minimum atomic E-state index is -0.150. The molecule has 2 rings (SSSR count). The second-order valence-corrected chi connectivity index (χ2v) is 8.48. The van der Waals surface area contributed by atoms with Gasteiger partial charge in [-0.15, -0.1) is 0 Å². The van der Waals surface area contributed by atoms with E-state index in [2.05, 4.69) is 65.8 Å². The zero-order chi connectivity index (χ0) is 20.1. The van der Waals surface area contributed by atoms with E-state index >= 15 is 0 Å². The Morgan fingerprint density at radius 2 is 1.52 bits per heavy atom. The summed E-state index contributed by atoms with van der Waals surface area (Å²) in [6, 6.07) is 8.54. The van der Waals surface area contributed by atoms with Gasteiger partial charge in [-0.25, -0.2) is 0 Å². The van der Waals surface area contributed by atoms with Crippen LogP contribution < -0.4 is 4.74 Å². The van der Waals surface area contributed by atoms with Gasteiger partial charge in [-0.3, -0.25) is 0 Å². The number of hydrogen-bond donors (Lipinski definition) is 0. The van der Waals surface area contributed by atoms with Gasteiger partial charge in [-0.2, -0.15) is 0 Å². The molecular weight excluding hydrogens is 332 g/mol. The Bertz CT molecular complexity index is 460. The van der Waals surface area contributed by atoms with Crippen LogP contribution in [0, 0.1) is 11.8 Å². The van der Waals surface area contributed by atoms with Gasteiger partial charge in [-0.1, -0.05) is 92.2 Å².